The fourth-order valence-corrected chi connectivity index (χ4v) is 2.04. The first-order chi connectivity index (χ1) is 7.06. The molecule has 1 rings (SSSR count). The normalized spacial score (nSPS) is 28.1. The number of hydrogen-bond donors (Lipinski definition) is 2. The minimum absolute atomic E-state index is 0.132. The van der Waals surface area contributed by atoms with Crippen LogP contribution in [0.3, 0.4) is 0 Å². The third-order valence-corrected chi connectivity index (χ3v) is 3.01. The van der Waals surface area contributed by atoms with Crippen molar-refractivity contribution in [2.24, 2.45) is 11.8 Å². The largest absolute Gasteiger partial charge is 0.479 e. The van der Waals surface area contributed by atoms with E-state index in [0.717, 1.165) is 0 Å². The maximum Gasteiger partial charge on any atom is 0.332 e. The number of esters is 1. The van der Waals surface area contributed by atoms with Gasteiger partial charge in [0.15, 0.2) is 6.10 Å². The highest BCUT2D eigenvalue weighted by atomic mass is 16.5. The highest BCUT2D eigenvalue weighted by Gasteiger charge is 2.33. The van der Waals surface area contributed by atoms with E-state index in [2.05, 4.69) is 4.74 Å². The minimum Gasteiger partial charge on any atom is -0.479 e. The van der Waals surface area contributed by atoms with Crippen molar-refractivity contribution >= 4 is 11.9 Å². The average molecular weight is 216 g/mol. The number of aliphatic hydroxyl groups excluding tert-OH is 1. The predicted molar refractivity (Wildman–Crippen MR) is 51.1 cm³/mol. The first kappa shape index (κ1) is 12.0. The Hall–Kier alpha value is -1.10. The Bertz CT molecular complexity index is 242. The molecule has 0 saturated heterocycles. The third-order valence-electron chi connectivity index (χ3n) is 3.01. The van der Waals surface area contributed by atoms with Gasteiger partial charge in [0.05, 0.1) is 13.0 Å². The van der Waals surface area contributed by atoms with Crippen LogP contribution in [0.25, 0.3) is 0 Å². The fourth-order valence-electron chi connectivity index (χ4n) is 2.04. The Balaban J connectivity index is 2.42. The van der Waals surface area contributed by atoms with Crippen LogP contribution in [-0.4, -0.2) is 35.4 Å². The molecule has 1 aliphatic carbocycles. The Labute approximate surface area is 88.0 Å². The topological polar surface area (TPSA) is 83.8 Å². The smallest absolute Gasteiger partial charge is 0.332 e. The molecule has 1 fully saturated rings. The predicted octanol–water partition coefficient (Wildman–Crippen LogP) is 0.411. The van der Waals surface area contributed by atoms with Crippen molar-refractivity contribution < 1.29 is 24.5 Å². The van der Waals surface area contributed by atoms with E-state index >= 15 is 0 Å². The maximum atomic E-state index is 11.2. The zero-order chi connectivity index (χ0) is 11.4. The molecule has 0 spiro atoms. The zero-order valence-electron chi connectivity index (χ0n) is 8.68. The second-order valence-corrected chi connectivity index (χ2v) is 3.92. The maximum absolute atomic E-state index is 11.2. The molecular formula is C10H16O5. The standard InChI is InChI=1S/C10H16O5/c1-15-10(14)7-4-2-6(3-5-7)8(11)9(12)13/h6-8,11H,2-5H2,1H3,(H,12,13). The lowest BCUT2D eigenvalue weighted by molar-refractivity contribution is -0.152. The molecule has 0 aromatic heterocycles. The minimum atomic E-state index is -1.30. The summed E-state index contributed by atoms with van der Waals surface area (Å²) in [5.74, 6) is -1.79. The number of ether oxygens (including phenoxy) is 1. The summed E-state index contributed by atoms with van der Waals surface area (Å²) in [7, 11) is 1.35. The fraction of sp³-hybridized carbons (Fsp3) is 0.800. The molecule has 15 heavy (non-hydrogen) atoms. The van der Waals surface area contributed by atoms with Crippen LogP contribution in [0.4, 0.5) is 0 Å². The lowest BCUT2D eigenvalue weighted by atomic mass is 9.79. The van der Waals surface area contributed by atoms with Crippen molar-refractivity contribution in [3.8, 4) is 0 Å². The molecule has 0 aromatic carbocycles. The number of rotatable bonds is 3. The van der Waals surface area contributed by atoms with Gasteiger partial charge >= 0.3 is 11.9 Å². The molecule has 5 heteroatoms. The number of hydrogen-bond acceptors (Lipinski definition) is 4. The summed E-state index contributed by atoms with van der Waals surface area (Å²) in [5, 5.41) is 17.9. The lowest BCUT2D eigenvalue weighted by Gasteiger charge is -2.28. The highest BCUT2D eigenvalue weighted by molar-refractivity contribution is 5.73. The van der Waals surface area contributed by atoms with Crippen LogP contribution in [0.1, 0.15) is 25.7 Å². The summed E-state index contributed by atoms with van der Waals surface area (Å²) in [5.41, 5.74) is 0. The van der Waals surface area contributed by atoms with E-state index in [9.17, 15) is 14.7 Å². The number of aliphatic carboxylic acids is 1. The molecule has 1 unspecified atom stereocenters. The summed E-state index contributed by atoms with van der Waals surface area (Å²) in [6.45, 7) is 0. The zero-order valence-corrected chi connectivity index (χ0v) is 8.68. The van der Waals surface area contributed by atoms with Gasteiger partial charge < -0.3 is 14.9 Å². The lowest BCUT2D eigenvalue weighted by Crippen LogP contribution is -2.33. The van der Waals surface area contributed by atoms with Crippen LogP contribution >= 0.6 is 0 Å². The number of carboxylic acids is 1. The van der Waals surface area contributed by atoms with E-state index < -0.39 is 12.1 Å². The summed E-state index contributed by atoms with van der Waals surface area (Å²) in [6.07, 6.45) is 1.02. The second-order valence-electron chi connectivity index (χ2n) is 3.92. The van der Waals surface area contributed by atoms with Crippen LogP contribution in [0.5, 0.6) is 0 Å². The van der Waals surface area contributed by atoms with Gasteiger partial charge in [0.1, 0.15) is 0 Å². The molecule has 0 aliphatic heterocycles. The third kappa shape index (κ3) is 2.92. The monoisotopic (exact) mass is 216 g/mol. The Kier molecular flexibility index (Phi) is 4.08. The van der Waals surface area contributed by atoms with Crippen LogP contribution < -0.4 is 0 Å². The van der Waals surface area contributed by atoms with E-state index in [1.54, 1.807) is 0 Å². The van der Waals surface area contributed by atoms with Crippen LogP contribution in [0.2, 0.25) is 0 Å². The van der Waals surface area contributed by atoms with Crippen LogP contribution in [-0.2, 0) is 14.3 Å². The molecule has 1 saturated carbocycles. The number of carboxylic acid groups (broad SMARTS) is 1. The Morgan fingerprint density at radius 2 is 1.80 bits per heavy atom. The van der Waals surface area contributed by atoms with Gasteiger partial charge in [0.2, 0.25) is 0 Å². The van der Waals surface area contributed by atoms with Crippen LogP contribution in [0.15, 0.2) is 0 Å². The van der Waals surface area contributed by atoms with Gasteiger partial charge in [-0.1, -0.05) is 0 Å². The average Bonchev–Trinajstić information content (AvgIpc) is 2.27. The molecular weight excluding hydrogens is 200 g/mol. The summed E-state index contributed by atoms with van der Waals surface area (Å²) < 4.78 is 4.62. The van der Waals surface area contributed by atoms with Gasteiger partial charge in [-0.05, 0) is 31.6 Å². The number of carbonyl (C=O) groups is 2. The molecule has 0 bridgehead atoms. The van der Waals surface area contributed by atoms with Crippen molar-refractivity contribution in [2.75, 3.05) is 7.11 Å². The van der Waals surface area contributed by atoms with Gasteiger partial charge in [-0.15, -0.1) is 0 Å². The van der Waals surface area contributed by atoms with Gasteiger partial charge in [-0.3, -0.25) is 4.79 Å². The van der Waals surface area contributed by atoms with Crippen molar-refractivity contribution in [2.45, 2.75) is 31.8 Å². The number of methoxy groups -OCH3 is 1. The van der Waals surface area contributed by atoms with E-state index in [0.29, 0.717) is 25.7 Å². The van der Waals surface area contributed by atoms with E-state index in [1.807, 2.05) is 0 Å². The quantitative estimate of drug-likeness (QED) is 0.667. The van der Waals surface area contributed by atoms with Gasteiger partial charge in [0, 0.05) is 0 Å². The van der Waals surface area contributed by atoms with Crippen molar-refractivity contribution in [3.63, 3.8) is 0 Å². The molecule has 1 atom stereocenters. The SMILES string of the molecule is COC(=O)C1CCC(C(O)C(=O)O)CC1. The highest BCUT2D eigenvalue weighted by Crippen LogP contribution is 2.31. The van der Waals surface area contributed by atoms with Crippen molar-refractivity contribution in [1.29, 1.82) is 0 Å². The Morgan fingerprint density at radius 1 is 1.27 bits per heavy atom. The number of aliphatic hydroxyl groups is 1. The summed E-state index contributed by atoms with van der Waals surface area (Å²) in [4.78, 5) is 21.7. The first-order valence-corrected chi connectivity index (χ1v) is 5.05. The molecule has 0 heterocycles. The molecule has 5 nitrogen and oxygen atoms in total. The summed E-state index contributed by atoms with van der Waals surface area (Å²) >= 11 is 0. The molecule has 0 aromatic rings. The van der Waals surface area contributed by atoms with Gasteiger partial charge in [-0.25, -0.2) is 4.79 Å². The second kappa shape index (κ2) is 5.11. The van der Waals surface area contributed by atoms with E-state index in [-0.39, 0.29) is 17.8 Å². The van der Waals surface area contributed by atoms with Crippen molar-refractivity contribution in [3.05, 3.63) is 0 Å². The first-order valence-electron chi connectivity index (χ1n) is 5.05. The Morgan fingerprint density at radius 3 is 2.20 bits per heavy atom. The molecule has 0 amide bonds. The van der Waals surface area contributed by atoms with Gasteiger partial charge in [0.25, 0.3) is 0 Å². The van der Waals surface area contributed by atoms with E-state index in [1.165, 1.54) is 7.11 Å². The molecule has 86 valence electrons. The van der Waals surface area contributed by atoms with Gasteiger partial charge in [-0.2, -0.15) is 0 Å². The van der Waals surface area contributed by atoms with Crippen molar-refractivity contribution in [1.82, 2.24) is 0 Å². The summed E-state index contributed by atoms with van der Waals surface area (Å²) in [6, 6.07) is 0. The van der Waals surface area contributed by atoms with Crippen LogP contribution in [0, 0.1) is 11.8 Å². The molecule has 1 aliphatic rings. The number of carbonyl (C=O) groups excluding carboxylic acids is 1. The molecule has 2 N–H and O–H groups in total. The molecule has 0 radical (unpaired) electrons. The van der Waals surface area contributed by atoms with E-state index in [4.69, 9.17) is 5.11 Å².